The van der Waals surface area contributed by atoms with Gasteiger partial charge in [-0.05, 0) is 154 Å². The minimum Gasteiger partial charge on any atom is -0.494 e. The molecule has 0 spiro atoms. The van der Waals surface area contributed by atoms with Crippen molar-refractivity contribution in [3.05, 3.63) is 108 Å². The maximum Gasteiger partial charge on any atom is 0.320 e. The van der Waals surface area contributed by atoms with Crippen LogP contribution in [0.2, 0.25) is 0 Å². The topological polar surface area (TPSA) is 114 Å². The number of esters is 2. The fourth-order valence-corrected chi connectivity index (χ4v) is 5.00. The molecular weight excluding hydrogens is 709 g/mol. The molecule has 0 saturated carbocycles. The van der Waals surface area contributed by atoms with E-state index in [1.165, 1.54) is 6.92 Å². The molecule has 4 aromatic rings. The summed E-state index contributed by atoms with van der Waals surface area (Å²) in [5, 5.41) is 0. The summed E-state index contributed by atoms with van der Waals surface area (Å²) in [4.78, 5) is 33.8. The van der Waals surface area contributed by atoms with Crippen molar-refractivity contribution in [2.24, 2.45) is 15.9 Å². The first-order valence-corrected chi connectivity index (χ1v) is 19.8. The van der Waals surface area contributed by atoms with Gasteiger partial charge in [0, 0.05) is 12.4 Å². The predicted molar refractivity (Wildman–Crippen MR) is 222 cm³/mol. The van der Waals surface area contributed by atoms with Gasteiger partial charge in [0.05, 0.1) is 51.0 Å². The zero-order valence-corrected chi connectivity index (χ0v) is 33.0. The molecule has 0 saturated heterocycles. The number of benzene rings is 4. The Balaban J connectivity index is 0.999. The summed E-state index contributed by atoms with van der Waals surface area (Å²) >= 11 is 0. The van der Waals surface area contributed by atoms with Gasteiger partial charge in [-0.2, -0.15) is 0 Å². The van der Waals surface area contributed by atoms with Crippen LogP contribution in [0, 0.1) is 5.92 Å². The largest absolute Gasteiger partial charge is 0.494 e. The molecule has 0 aliphatic heterocycles. The summed E-state index contributed by atoms with van der Waals surface area (Å²) in [6, 6.07) is 30.8. The molecule has 4 rings (SSSR count). The van der Waals surface area contributed by atoms with E-state index in [-0.39, 0.29) is 13.2 Å². The standard InChI is InChI=1S/C46H56N2O8/c1-4-6-28-51-43-24-16-39(17-25-43)47-34-37-12-20-41(21-13-37)53-30-8-10-32-55-45(49)36(3)46(50)56-33-11-9-31-54-42-22-14-38(15-23-42)35-48-40-18-26-44(27-19-40)52-29-7-5-2/h12-27,34-36H,4-11,28-33H2,1-3H3. The van der Waals surface area contributed by atoms with E-state index in [0.29, 0.717) is 38.9 Å². The van der Waals surface area contributed by atoms with Crippen LogP contribution >= 0.6 is 0 Å². The lowest BCUT2D eigenvalue weighted by Crippen LogP contribution is -2.26. The highest BCUT2D eigenvalue weighted by atomic mass is 16.6. The Morgan fingerprint density at radius 1 is 0.464 bits per heavy atom. The van der Waals surface area contributed by atoms with Gasteiger partial charge < -0.3 is 28.4 Å². The number of rotatable bonds is 26. The number of nitrogens with zero attached hydrogens (tertiary/aromatic N) is 2. The second-order valence-electron chi connectivity index (χ2n) is 13.2. The molecule has 0 atom stereocenters. The van der Waals surface area contributed by atoms with Crippen molar-refractivity contribution >= 4 is 35.7 Å². The Morgan fingerprint density at radius 3 is 1.11 bits per heavy atom. The Bertz CT molecular complexity index is 1620. The van der Waals surface area contributed by atoms with Crippen LogP contribution < -0.4 is 18.9 Å². The SMILES string of the molecule is CCCCOc1ccc(N=Cc2ccc(OCCCCOC(=O)C(C)C(=O)OCCCCOc3ccc(C=Nc4ccc(OCCCC)cc4)cc3)cc2)cc1. The van der Waals surface area contributed by atoms with E-state index in [2.05, 4.69) is 23.8 Å². The lowest BCUT2D eigenvalue weighted by Gasteiger charge is -2.12. The fourth-order valence-electron chi connectivity index (χ4n) is 5.00. The average Bonchev–Trinajstić information content (AvgIpc) is 3.23. The van der Waals surface area contributed by atoms with Gasteiger partial charge in [0.2, 0.25) is 0 Å². The van der Waals surface area contributed by atoms with E-state index in [1.54, 1.807) is 0 Å². The summed E-state index contributed by atoms with van der Waals surface area (Å²) in [5.74, 6) is 1.03. The lowest BCUT2D eigenvalue weighted by atomic mass is 10.2. The van der Waals surface area contributed by atoms with Gasteiger partial charge in [0.15, 0.2) is 5.92 Å². The Labute approximate surface area is 331 Å². The first-order valence-electron chi connectivity index (χ1n) is 19.8. The Morgan fingerprint density at radius 2 is 0.768 bits per heavy atom. The molecule has 10 nitrogen and oxygen atoms in total. The molecule has 0 unspecified atom stereocenters. The second kappa shape index (κ2) is 25.4. The first kappa shape index (κ1) is 43.1. The first-order chi connectivity index (χ1) is 27.4. The number of ether oxygens (including phenoxy) is 6. The molecule has 0 amide bonds. The molecule has 0 bridgehead atoms. The van der Waals surface area contributed by atoms with Crippen molar-refractivity contribution < 1.29 is 38.0 Å². The molecule has 56 heavy (non-hydrogen) atoms. The van der Waals surface area contributed by atoms with Crippen LogP contribution in [0.3, 0.4) is 0 Å². The van der Waals surface area contributed by atoms with E-state index < -0.39 is 17.9 Å². The summed E-state index contributed by atoms with van der Waals surface area (Å²) in [5.41, 5.74) is 3.62. The van der Waals surface area contributed by atoms with Crippen LogP contribution in [-0.2, 0) is 19.1 Å². The number of unbranched alkanes of at least 4 members (excludes halogenated alkanes) is 4. The van der Waals surface area contributed by atoms with Crippen LogP contribution in [-0.4, -0.2) is 64.0 Å². The molecule has 0 aromatic heterocycles. The number of hydrogen-bond donors (Lipinski definition) is 0. The van der Waals surface area contributed by atoms with Gasteiger partial charge in [0.25, 0.3) is 0 Å². The summed E-state index contributed by atoms with van der Waals surface area (Å²) < 4.78 is 33.6. The fraction of sp³-hybridized carbons (Fsp3) is 0.391. The summed E-state index contributed by atoms with van der Waals surface area (Å²) in [6.07, 6.45) is 10.5. The van der Waals surface area contributed by atoms with Crippen LogP contribution in [0.4, 0.5) is 11.4 Å². The van der Waals surface area contributed by atoms with E-state index in [1.807, 2.05) is 109 Å². The molecular formula is C46H56N2O8. The maximum atomic E-state index is 12.4. The highest BCUT2D eigenvalue weighted by Crippen LogP contribution is 2.21. The zero-order chi connectivity index (χ0) is 39.6. The van der Waals surface area contributed by atoms with Crippen molar-refractivity contribution in [1.29, 1.82) is 0 Å². The van der Waals surface area contributed by atoms with E-state index >= 15 is 0 Å². The molecule has 0 fully saturated rings. The normalized spacial score (nSPS) is 11.7. The molecule has 0 heterocycles. The second-order valence-corrected chi connectivity index (χ2v) is 13.2. The van der Waals surface area contributed by atoms with Crippen LogP contribution in [0.5, 0.6) is 23.0 Å². The Hall–Kier alpha value is -5.64. The van der Waals surface area contributed by atoms with E-state index in [0.717, 1.165) is 84.4 Å². The third-order valence-electron chi connectivity index (χ3n) is 8.50. The third kappa shape index (κ3) is 16.8. The van der Waals surface area contributed by atoms with Gasteiger partial charge in [-0.3, -0.25) is 19.6 Å². The van der Waals surface area contributed by atoms with Crippen molar-refractivity contribution in [2.45, 2.75) is 72.1 Å². The molecule has 10 heteroatoms. The molecule has 298 valence electrons. The van der Waals surface area contributed by atoms with Crippen molar-refractivity contribution in [2.75, 3.05) is 39.6 Å². The monoisotopic (exact) mass is 764 g/mol. The smallest absolute Gasteiger partial charge is 0.320 e. The number of aliphatic imine (C=N–C) groups is 2. The summed E-state index contributed by atoms with van der Waals surface area (Å²) in [7, 11) is 0. The average molecular weight is 765 g/mol. The van der Waals surface area contributed by atoms with Gasteiger partial charge in [-0.1, -0.05) is 26.7 Å². The molecule has 4 aromatic carbocycles. The van der Waals surface area contributed by atoms with Crippen LogP contribution in [0.15, 0.2) is 107 Å². The van der Waals surface area contributed by atoms with E-state index in [4.69, 9.17) is 28.4 Å². The summed E-state index contributed by atoms with van der Waals surface area (Å²) in [6.45, 7) is 8.59. The zero-order valence-electron chi connectivity index (χ0n) is 33.0. The van der Waals surface area contributed by atoms with Crippen LogP contribution in [0.25, 0.3) is 0 Å². The third-order valence-corrected chi connectivity index (χ3v) is 8.50. The molecule has 0 aliphatic carbocycles. The molecule has 0 N–H and O–H groups in total. The van der Waals surface area contributed by atoms with Crippen molar-refractivity contribution in [3.63, 3.8) is 0 Å². The van der Waals surface area contributed by atoms with Crippen molar-refractivity contribution in [1.82, 2.24) is 0 Å². The van der Waals surface area contributed by atoms with Gasteiger partial charge in [-0.25, -0.2) is 0 Å². The highest BCUT2D eigenvalue weighted by molar-refractivity contribution is 5.94. The Kier molecular flexibility index (Phi) is 19.6. The molecule has 0 aliphatic rings. The number of hydrogen-bond acceptors (Lipinski definition) is 10. The predicted octanol–water partition coefficient (Wildman–Crippen LogP) is 10.3. The van der Waals surface area contributed by atoms with Gasteiger partial charge in [0.1, 0.15) is 23.0 Å². The number of carbonyl (C=O) groups is 2. The van der Waals surface area contributed by atoms with Crippen molar-refractivity contribution in [3.8, 4) is 23.0 Å². The maximum absolute atomic E-state index is 12.4. The molecule has 0 radical (unpaired) electrons. The lowest BCUT2D eigenvalue weighted by molar-refractivity contribution is -0.161. The van der Waals surface area contributed by atoms with Gasteiger partial charge >= 0.3 is 11.9 Å². The van der Waals surface area contributed by atoms with E-state index in [9.17, 15) is 9.59 Å². The number of carbonyl (C=O) groups excluding carboxylic acids is 2. The minimum absolute atomic E-state index is 0.203. The highest BCUT2D eigenvalue weighted by Gasteiger charge is 2.24. The van der Waals surface area contributed by atoms with Crippen LogP contribution in [0.1, 0.15) is 83.3 Å². The quantitative estimate of drug-likeness (QED) is 0.0269. The van der Waals surface area contributed by atoms with Gasteiger partial charge in [-0.15, -0.1) is 0 Å². The minimum atomic E-state index is -0.987.